The van der Waals surface area contributed by atoms with Gasteiger partial charge in [0.05, 0.1) is 11.4 Å². The lowest BCUT2D eigenvalue weighted by Gasteiger charge is -2.27. The first-order chi connectivity index (χ1) is 8.58. The zero-order valence-corrected chi connectivity index (χ0v) is 11.9. The molecule has 0 bridgehead atoms. The van der Waals surface area contributed by atoms with Gasteiger partial charge in [-0.1, -0.05) is 0 Å². The van der Waals surface area contributed by atoms with Gasteiger partial charge in [-0.2, -0.15) is 11.8 Å². The summed E-state index contributed by atoms with van der Waals surface area (Å²) >= 11 is 1.90. The van der Waals surface area contributed by atoms with E-state index in [1.807, 2.05) is 43.5 Å². The first-order valence-electron chi connectivity index (χ1n) is 6.16. The number of rotatable bonds is 1. The van der Waals surface area contributed by atoms with E-state index in [2.05, 4.69) is 10.3 Å². The Balaban J connectivity index is 2.11. The number of aromatic nitrogens is 1. The maximum absolute atomic E-state index is 12.1. The first kappa shape index (κ1) is 13.2. The number of nitrogens with zero attached hydrogens (tertiary/aromatic N) is 2. The summed E-state index contributed by atoms with van der Waals surface area (Å²) in [5.74, 6) is 2.05. The summed E-state index contributed by atoms with van der Waals surface area (Å²) < 4.78 is 0. The van der Waals surface area contributed by atoms with Gasteiger partial charge in [0.25, 0.3) is 0 Å². The molecule has 2 rings (SSSR count). The van der Waals surface area contributed by atoms with Crippen molar-refractivity contribution >= 4 is 23.5 Å². The summed E-state index contributed by atoms with van der Waals surface area (Å²) in [6, 6.07) is 1.99. The van der Waals surface area contributed by atoms with E-state index in [4.69, 9.17) is 0 Å². The van der Waals surface area contributed by atoms with Crippen molar-refractivity contribution in [2.24, 2.45) is 0 Å². The van der Waals surface area contributed by atoms with Gasteiger partial charge in [0.15, 0.2) is 0 Å². The number of aryl methyl sites for hydroxylation is 3. The Labute approximate surface area is 112 Å². The number of pyridine rings is 1. The van der Waals surface area contributed by atoms with Crippen LogP contribution in [-0.4, -0.2) is 40.5 Å². The third kappa shape index (κ3) is 2.96. The zero-order chi connectivity index (χ0) is 13.1. The van der Waals surface area contributed by atoms with Crippen LogP contribution in [-0.2, 0) is 0 Å². The van der Waals surface area contributed by atoms with Gasteiger partial charge in [-0.3, -0.25) is 4.98 Å². The second-order valence-electron chi connectivity index (χ2n) is 4.57. The van der Waals surface area contributed by atoms with Gasteiger partial charge in [-0.05, 0) is 32.4 Å². The van der Waals surface area contributed by atoms with E-state index < -0.39 is 0 Å². The maximum atomic E-state index is 12.1. The summed E-state index contributed by atoms with van der Waals surface area (Å²) in [4.78, 5) is 18.4. The van der Waals surface area contributed by atoms with Crippen LogP contribution in [0.1, 0.15) is 17.0 Å². The Hall–Kier alpha value is -1.23. The molecule has 1 aliphatic heterocycles. The Kier molecular flexibility index (Phi) is 4.11. The smallest absolute Gasteiger partial charge is 0.321 e. The highest BCUT2D eigenvalue weighted by atomic mass is 32.2. The average Bonchev–Trinajstić information content (AvgIpc) is 2.34. The minimum Gasteiger partial charge on any atom is -0.323 e. The van der Waals surface area contributed by atoms with E-state index in [0.717, 1.165) is 47.2 Å². The van der Waals surface area contributed by atoms with Crippen LogP contribution < -0.4 is 5.32 Å². The van der Waals surface area contributed by atoms with Crippen LogP contribution >= 0.6 is 11.8 Å². The van der Waals surface area contributed by atoms with E-state index in [0.29, 0.717) is 0 Å². The molecule has 1 N–H and O–H groups in total. The van der Waals surface area contributed by atoms with Crippen LogP contribution in [0.2, 0.25) is 0 Å². The number of anilines is 1. The largest absolute Gasteiger partial charge is 0.323 e. The van der Waals surface area contributed by atoms with Gasteiger partial charge in [0.1, 0.15) is 0 Å². The molecule has 1 fully saturated rings. The fraction of sp³-hybridized carbons (Fsp3) is 0.538. The third-order valence-electron chi connectivity index (χ3n) is 3.06. The molecule has 0 saturated carbocycles. The summed E-state index contributed by atoms with van der Waals surface area (Å²) in [6.45, 7) is 7.56. The van der Waals surface area contributed by atoms with Crippen LogP contribution in [0.5, 0.6) is 0 Å². The molecular formula is C13H19N3OS. The van der Waals surface area contributed by atoms with Crippen molar-refractivity contribution in [2.45, 2.75) is 20.8 Å². The molecule has 5 heteroatoms. The van der Waals surface area contributed by atoms with Crippen LogP contribution in [0.15, 0.2) is 6.07 Å². The molecular weight excluding hydrogens is 246 g/mol. The maximum Gasteiger partial charge on any atom is 0.321 e. The first-order valence-corrected chi connectivity index (χ1v) is 7.32. The van der Waals surface area contributed by atoms with Gasteiger partial charge in [-0.15, -0.1) is 0 Å². The standard InChI is InChI=1S/C13H19N3OS/c1-9-8-10(2)14-11(3)12(9)15-13(17)16-4-6-18-7-5-16/h8H,4-7H2,1-3H3,(H,15,17). The van der Waals surface area contributed by atoms with Crippen LogP contribution in [0.4, 0.5) is 10.5 Å². The lowest BCUT2D eigenvalue weighted by atomic mass is 10.1. The monoisotopic (exact) mass is 265 g/mol. The molecule has 0 aromatic carbocycles. The molecule has 0 radical (unpaired) electrons. The van der Waals surface area contributed by atoms with Crippen molar-refractivity contribution in [1.82, 2.24) is 9.88 Å². The quantitative estimate of drug-likeness (QED) is 0.849. The molecule has 1 saturated heterocycles. The van der Waals surface area contributed by atoms with Crippen molar-refractivity contribution in [2.75, 3.05) is 29.9 Å². The SMILES string of the molecule is Cc1cc(C)c(NC(=O)N2CCSCC2)c(C)n1. The molecule has 2 heterocycles. The van der Waals surface area contributed by atoms with Gasteiger partial charge >= 0.3 is 6.03 Å². The summed E-state index contributed by atoms with van der Waals surface area (Å²) in [5, 5.41) is 2.99. The molecule has 2 amide bonds. The molecule has 1 aliphatic rings. The molecule has 0 atom stereocenters. The average molecular weight is 265 g/mol. The summed E-state index contributed by atoms with van der Waals surface area (Å²) in [5.41, 5.74) is 3.79. The van der Waals surface area contributed by atoms with Crippen molar-refractivity contribution in [3.05, 3.63) is 23.0 Å². The van der Waals surface area contributed by atoms with E-state index >= 15 is 0 Å². The second kappa shape index (κ2) is 5.61. The zero-order valence-electron chi connectivity index (χ0n) is 11.1. The Morgan fingerprint density at radius 3 is 2.61 bits per heavy atom. The molecule has 0 aliphatic carbocycles. The highest BCUT2D eigenvalue weighted by Crippen LogP contribution is 2.20. The Bertz CT molecular complexity index is 433. The minimum atomic E-state index is -0.00727. The van der Waals surface area contributed by atoms with Crippen molar-refractivity contribution < 1.29 is 4.79 Å². The molecule has 4 nitrogen and oxygen atoms in total. The molecule has 98 valence electrons. The fourth-order valence-electron chi connectivity index (χ4n) is 2.17. The van der Waals surface area contributed by atoms with E-state index in [1.165, 1.54) is 0 Å². The number of carbonyl (C=O) groups excluding carboxylic acids is 1. The summed E-state index contributed by atoms with van der Waals surface area (Å²) in [7, 11) is 0. The lowest BCUT2D eigenvalue weighted by molar-refractivity contribution is 0.217. The van der Waals surface area contributed by atoms with Crippen LogP contribution in [0.25, 0.3) is 0 Å². The number of hydrogen-bond donors (Lipinski definition) is 1. The number of amides is 2. The predicted octanol–water partition coefficient (Wildman–Crippen LogP) is 2.59. The lowest BCUT2D eigenvalue weighted by Crippen LogP contribution is -2.40. The predicted molar refractivity (Wildman–Crippen MR) is 76.4 cm³/mol. The Morgan fingerprint density at radius 2 is 2.00 bits per heavy atom. The molecule has 1 aromatic rings. The van der Waals surface area contributed by atoms with Gasteiger partial charge < -0.3 is 10.2 Å². The van der Waals surface area contributed by atoms with Crippen molar-refractivity contribution in [3.8, 4) is 0 Å². The van der Waals surface area contributed by atoms with Gasteiger partial charge in [0, 0.05) is 30.3 Å². The van der Waals surface area contributed by atoms with Crippen molar-refractivity contribution in [3.63, 3.8) is 0 Å². The number of nitrogens with one attached hydrogen (secondary N) is 1. The fourth-order valence-corrected chi connectivity index (χ4v) is 3.07. The van der Waals surface area contributed by atoms with E-state index in [9.17, 15) is 4.79 Å². The van der Waals surface area contributed by atoms with Gasteiger partial charge in [0.2, 0.25) is 0 Å². The third-order valence-corrected chi connectivity index (χ3v) is 4.00. The highest BCUT2D eigenvalue weighted by molar-refractivity contribution is 7.99. The molecule has 0 spiro atoms. The van der Waals surface area contributed by atoms with Crippen molar-refractivity contribution in [1.29, 1.82) is 0 Å². The topological polar surface area (TPSA) is 45.2 Å². The summed E-state index contributed by atoms with van der Waals surface area (Å²) in [6.07, 6.45) is 0. The van der Waals surface area contributed by atoms with Crippen LogP contribution in [0, 0.1) is 20.8 Å². The van der Waals surface area contributed by atoms with E-state index in [-0.39, 0.29) is 6.03 Å². The van der Waals surface area contributed by atoms with Gasteiger partial charge in [-0.25, -0.2) is 4.79 Å². The molecule has 0 unspecified atom stereocenters. The number of carbonyl (C=O) groups is 1. The number of hydrogen-bond acceptors (Lipinski definition) is 3. The highest BCUT2D eigenvalue weighted by Gasteiger charge is 2.18. The number of urea groups is 1. The molecule has 1 aromatic heterocycles. The molecule has 18 heavy (non-hydrogen) atoms. The van der Waals surface area contributed by atoms with E-state index in [1.54, 1.807) is 0 Å². The van der Waals surface area contributed by atoms with Crippen LogP contribution in [0.3, 0.4) is 0 Å². The second-order valence-corrected chi connectivity index (χ2v) is 5.80. The minimum absolute atomic E-state index is 0.00727. The Morgan fingerprint density at radius 1 is 1.33 bits per heavy atom. The number of thioether (sulfide) groups is 1. The normalized spacial score (nSPS) is 15.6.